The van der Waals surface area contributed by atoms with Gasteiger partial charge in [-0.25, -0.2) is 0 Å². The fraction of sp³-hybridized carbons (Fsp3) is 0.294. The van der Waals surface area contributed by atoms with Gasteiger partial charge in [0.05, 0.1) is 31.0 Å². The van der Waals surface area contributed by atoms with E-state index in [-0.39, 0.29) is 22.2 Å². The van der Waals surface area contributed by atoms with Crippen molar-refractivity contribution in [1.82, 2.24) is 4.57 Å². The predicted octanol–water partition coefficient (Wildman–Crippen LogP) is 2.63. The molecule has 0 radical (unpaired) electrons. The summed E-state index contributed by atoms with van der Waals surface area (Å²) < 4.78 is 47.2. The second kappa shape index (κ2) is 8.33. The molecule has 0 bridgehead atoms. The molecule has 0 atom stereocenters. The number of fused-ring (bicyclic) bond motifs is 1. The number of hydrogen-bond acceptors (Lipinski definition) is 8. The molecule has 0 fully saturated rings. The zero-order valence-electron chi connectivity index (χ0n) is 15.4. The van der Waals surface area contributed by atoms with Gasteiger partial charge in [-0.2, -0.15) is 8.42 Å². The Morgan fingerprint density at radius 2 is 1.93 bits per heavy atom. The fourth-order valence-electron chi connectivity index (χ4n) is 2.51. The van der Waals surface area contributed by atoms with Crippen LogP contribution < -0.4 is 14.3 Å². The van der Waals surface area contributed by atoms with Crippen LogP contribution in [0.25, 0.3) is 10.2 Å². The lowest BCUT2D eigenvalue weighted by Gasteiger charge is -2.09. The van der Waals surface area contributed by atoms with Crippen LogP contribution in [0, 0.1) is 0 Å². The molecule has 8 nitrogen and oxygen atoms in total. The van der Waals surface area contributed by atoms with E-state index in [1.54, 1.807) is 30.5 Å². The molecule has 11 heteroatoms. The summed E-state index contributed by atoms with van der Waals surface area (Å²) in [7, 11) is -0.892. The Kier molecular flexibility index (Phi) is 6.06. The van der Waals surface area contributed by atoms with Crippen LogP contribution in [0.5, 0.6) is 11.5 Å². The predicted molar refractivity (Wildman–Crippen MR) is 107 cm³/mol. The number of carbonyl (C=O) groups excluding carboxylic acids is 1. The SMILES string of the molecule is CCOC(=O)Cn1c(=NS(=O)(=O)c2cccs2)sc2cc(OC)c(OC)cc21. The Balaban J connectivity index is 2.25. The maximum absolute atomic E-state index is 12.6. The van der Waals surface area contributed by atoms with Crippen molar-refractivity contribution >= 4 is 48.9 Å². The van der Waals surface area contributed by atoms with E-state index in [4.69, 9.17) is 14.2 Å². The lowest BCUT2D eigenvalue weighted by atomic mass is 10.3. The van der Waals surface area contributed by atoms with E-state index < -0.39 is 16.0 Å². The van der Waals surface area contributed by atoms with Crippen molar-refractivity contribution in [2.45, 2.75) is 17.7 Å². The van der Waals surface area contributed by atoms with Crippen LogP contribution in [0.1, 0.15) is 6.92 Å². The highest BCUT2D eigenvalue weighted by atomic mass is 32.2. The van der Waals surface area contributed by atoms with Gasteiger partial charge in [0.1, 0.15) is 10.8 Å². The highest BCUT2D eigenvalue weighted by Crippen LogP contribution is 2.33. The molecule has 0 saturated carbocycles. The van der Waals surface area contributed by atoms with Gasteiger partial charge in [0.2, 0.25) is 4.80 Å². The van der Waals surface area contributed by atoms with E-state index in [2.05, 4.69) is 4.40 Å². The summed E-state index contributed by atoms with van der Waals surface area (Å²) in [6.07, 6.45) is 0. The first kappa shape index (κ1) is 20.4. The number of rotatable bonds is 7. The normalized spacial score (nSPS) is 12.3. The number of nitrogens with zero attached hydrogens (tertiary/aromatic N) is 2. The molecule has 0 N–H and O–H groups in total. The van der Waals surface area contributed by atoms with Crippen LogP contribution in [0.3, 0.4) is 0 Å². The van der Waals surface area contributed by atoms with Gasteiger partial charge in [0, 0.05) is 12.1 Å². The van der Waals surface area contributed by atoms with Crippen LogP contribution in [-0.4, -0.2) is 39.8 Å². The summed E-state index contributed by atoms with van der Waals surface area (Å²) in [5.74, 6) is 0.456. The Morgan fingerprint density at radius 1 is 1.21 bits per heavy atom. The van der Waals surface area contributed by atoms with Gasteiger partial charge in [-0.05, 0) is 18.4 Å². The second-order valence-electron chi connectivity index (χ2n) is 5.45. The summed E-state index contributed by atoms with van der Waals surface area (Å²) >= 11 is 2.21. The number of ether oxygens (including phenoxy) is 3. The Hall–Kier alpha value is -2.37. The maximum Gasteiger partial charge on any atom is 0.326 e. The lowest BCUT2D eigenvalue weighted by molar-refractivity contribution is -0.143. The highest BCUT2D eigenvalue weighted by molar-refractivity contribution is 7.92. The highest BCUT2D eigenvalue weighted by Gasteiger charge is 2.19. The molecule has 2 heterocycles. The van der Waals surface area contributed by atoms with E-state index in [1.807, 2.05) is 0 Å². The third kappa shape index (κ3) is 4.05. The monoisotopic (exact) mass is 442 g/mol. The van der Waals surface area contributed by atoms with Crippen molar-refractivity contribution in [3.8, 4) is 11.5 Å². The number of carbonyl (C=O) groups is 1. The molecule has 3 aromatic rings. The van der Waals surface area contributed by atoms with E-state index in [0.29, 0.717) is 21.7 Å². The molecular formula is C17H18N2O6S3. The van der Waals surface area contributed by atoms with Crippen molar-refractivity contribution in [3.05, 3.63) is 34.4 Å². The number of thiophene rings is 1. The molecule has 28 heavy (non-hydrogen) atoms. The Bertz CT molecular complexity index is 1160. The van der Waals surface area contributed by atoms with Crippen molar-refractivity contribution in [2.75, 3.05) is 20.8 Å². The number of benzene rings is 1. The van der Waals surface area contributed by atoms with Gasteiger partial charge >= 0.3 is 5.97 Å². The fourth-order valence-corrected chi connectivity index (χ4v) is 5.72. The van der Waals surface area contributed by atoms with Crippen LogP contribution in [0.15, 0.2) is 38.3 Å². The summed E-state index contributed by atoms with van der Waals surface area (Å²) in [6.45, 7) is 1.75. The minimum Gasteiger partial charge on any atom is -0.493 e. The van der Waals surface area contributed by atoms with E-state index in [9.17, 15) is 13.2 Å². The van der Waals surface area contributed by atoms with Gasteiger partial charge < -0.3 is 18.8 Å². The first-order chi connectivity index (χ1) is 13.4. The molecule has 0 aliphatic heterocycles. The molecule has 0 amide bonds. The molecule has 0 saturated heterocycles. The van der Waals surface area contributed by atoms with Gasteiger partial charge in [-0.1, -0.05) is 17.4 Å². The van der Waals surface area contributed by atoms with Crippen molar-refractivity contribution in [1.29, 1.82) is 0 Å². The first-order valence-corrected chi connectivity index (χ1v) is 11.3. The number of hydrogen-bond donors (Lipinski definition) is 0. The first-order valence-electron chi connectivity index (χ1n) is 8.15. The smallest absolute Gasteiger partial charge is 0.326 e. The largest absolute Gasteiger partial charge is 0.493 e. The van der Waals surface area contributed by atoms with E-state index >= 15 is 0 Å². The molecule has 1 aromatic carbocycles. The summed E-state index contributed by atoms with van der Waals surface area (Å²) in [6, 6.07) is 6.52. The average Bonchev–Trinajstić information content (AvgIpc) is 3.30. The molecule has 3 rings (SSSR count). The number of methoxy groups -OCH3 is 2. The summed E-state index contributed by atoms with van der Waals surface area (Å²) in [5.41, 5.74) is 0.593. The molecule has 0 aliphatic rings. The molecule has 2 aromatic heterocycles. The summed E-state index contributed by atoms with van der Waals surface area (Å²) in [4.78, 5) is 12.3. The minimum absolute atomic E-state index is 0.128. The van der Waals surface area contributed by atoms with Crippen molar-refractivity contribution in [2.24, 2.45) is 4.40 Å². The second-order valence-corrected chi connectivity index (χ2v) is 9.24. The molecular weight excluding hydrogens is 424 g/mol. The van der Waals surface area contributed by atoms with Gasteiger partial charge in [-0.15, -0.1) is 15.7 Å². The lowest BCUT2D eigenvalue weighted by Crippen LogP contribution is -2.23. The third-order valence-electron chi connectivity index (χ3n) is 3.73. The number of aromatic nitrogens is 1. The van der Waals surface area contributed by atoms with Crippen LogP contribution >= 0.6 is 22.7 Å². The Labute approximate surface area is 169 Å². The minimum atomic E-state index is -3.90. The van der Waals surface area contributed by atoms with Crippen LogP contribution in [-0.2, 0) is 26.1 Å². The van der Waals surface area contributed by atoms with E-state index in [0.717, 1.165) is 22.7 Å². The third-order valence-corrected chi connectivity index (χ3v) is 7.52. The number of sulfonamides is 1. The topological polar surface area (TPSA) is 96.2 Å². The molecule has 0 unspecified atom stereocenters. The Morgan fingerprint density at radius 3 is 2.54 bits per heavy atom. The zero-order valence-corrected chi connectivity index (χ0v) is 17.8. The van der Waals surface area contributed by atoms with Crippen LogP contribution in [0.4, 0.5) is 0 Å². The van der Waals surface area contributed by atoms with Gasteiger partial charge in [0.15, 0.2) is 11.5 Å². The molecule has 0 aliphatic carbocycles. The quantitative estimate of drug-likeness (QED) is 0.522. The van der Waals surface area contributed by atoms with E-state index in [1.165, 1.54) is 24.9 Å². The number of esters is 1. The maximum atomic E-state index is 12.6. The van der Waals surface area contributed by atoms with Gasteiger partial charge in [-0.3, -0.25) is 4.79 Å². The molecule has 0 spiro atoms. The van der Waals surface area contributed by atoms with Gasteiger partial charge in [0.25, 0.3) is 10.0 Å². The number of thiazole rings is 1. The standard InChI is InChI=1S/C17H18N2O6S3/c1-4-25-15(20)10-19-11-8-12(23-2)13(24-3)9-14(11)27-17(19)18-28(21,22)16-6-5-7-26-16/h5-9H,4,10H2,1-3H3. The van der Waals surface area contributed by atoms with Crippen molar-refractivity contribution < 1.29 is 27.4 Å². The van der Waals surface area contributed by atoms with Crippen molar-refractivity contribution in [3.63, 3.8) is 0 Å². The molecule has 150 valence electrons. The van der Waals surface area contributed by atoms with Crippen LogP contribution in [0.2, 0.25) is 0 Å². The summed E-state index contributed by atoms with van der Waals surface area (Å²) in [5, 5.41) is 1.66. The zero-order chi connectivity index (χ0) is 20.3. The average molecular weight is 443 g/mol.